The number of ketones is 1. The summed E-state index contributed by atoms with van der Waals surface area (Å²) in [5, 5.41) is 0. The van der Waals surface area contributed by atoms with Crippen LogP contribution in [-0.4, -0.2) is 5.78 Å². The van der Waals surface area contributed by atoms with E-state index in [-0.39, 0.29) is 5.78 Å². The highest BCUT2D eigenvalue weighted by molar-refractivity contribution is 5.94. The van der Waals surface area contributed by atoms with Gasteiger partial charge in [-0.3, -0.25) is 4.79 Å². The molecule has 1 aromatic carbocycles. The summed E-state index contributed by atoms with van der Waals surface area (Å²) in [5.41, 5.74) is 5.39. The Morgan fingerprint density at radius 2 is 1.47 bits per heavy atom. The maximum atomic E-state index is 10.7. The smallest absolute Gasteiger partial charge is 0.159 e. The molecule has 0 aromatic heterocycles. The molecule has 0 saturated carbocycles. The Labute approximate surface area is 88.3 Å². The van der Waals surface area contributed by atoms with Crippen molar-refractivity contribution < 1.29 is 39.4 Å². The lowest BCUT2D eigenvalue weighted by Crippen LogP contribution is -2.68. The van der Waals surface area contributed by atoms with Gasteiger partial charge in [0.1, 0.15) is 5.69 Å². The molecule has 0 atom stereocenters. The molecule has 0 saturated heterocycles. The summed E-state index contributed by atoms with van der Waals surface area (Å²) in [6.45, 7) is 1.55. The average Bonchev–Trinajstić information content (AvgIpc) is 2.01. The number of hydrogen-bond donors (Lipinski definition) is 1. The summed E-state index contributed by atoms with van der Waals surface area (Å²) in [6, 6.07) is 7.22. The first-order chi connectivity index (χ1) is 6.70. The van der Waals surface area contributed by atoms with Gasteiger partial charge in [0.05, 0.1) is 0 Å². The van der Waals surface area contributed by atoms with E-state index in [1.807, 2.05) is 12.1 Å². The minimum Gasteiger partial charge on any atom is -0.325 e. The van der Waals surface area contributed by atoms with Gasteiger partial charge in [-0.05, 0) is 31.2 Å². The quantitative estimate of drug-likeness (QED) is 0.495. The molecule has 6 nitrogen and oxygen atoms in total. The lowest BCUT2D eigenvalue weighted by molar-refractivity contribution is -2.00. The van der Waals surface area contributed by atoms with Gasteiger partial charge in [0.2, 0.25) is 0 Å². The van der Waals surface area contributed by atoms with Gasteiger partial charge < -0.3 is 5.73 Å². The van der Waals surface area contributed by atoms with E-state index >= 15 is 0 Å². The highest BCUT2D eigenvalue weighted by atomic mass is 35.7. The highest BCUT2D eigenvalue weighted by Gasteiger charge is 1.96. The zero-order valence-electron chi connectivity index (χ0n) is 7.94. The largest absolute Gasteiger partial charge is 0.325 e. The maximum Gasteiger partial charge on any atom is 0.159 e. The van der Waals surface area contributed by atoms with E-state index in [2.05, 4.69) is 5.73 Å². The second-order valence-corrected chi connectivity index (χ2v) is 3.39. The molecule has 0 fully saturated rings. The Kier molecular flexibility index (Phi) is 5.37. The van der Waals surface area contributed by atoms with E-state index in [0.717, 1.165) is 11.3 Å². The number of carbonyl (C=O) groups is 1. The molecule has 0 radical (unpaired) electrons. The normalized spacial score (nSPS) is 10.3. The van der Waals surface area contributed by atoms with Crippen LogP contribution in [0.4, 0.5) is 5.69 Å². The zero-order valence-corrected chi connectivity index (χ0v) is 8.69. The second-order valence-electron chi connectivity index (χ2n) is 2.63. The number of halogens is 1. The minimum absolute atomic E-state index is 0.0972. The topological polar surface area (TPSA) is 137 Å². The van der Waals surface area contributed by atoms with Gasteiger partial charge in [-0.1, -0.05) is 0 Å². The summed E-state index contributed by atoms with van der Waals surface area (Å²) < 4.78 is 34.0. The fourth-order valence-corrected chi connectivity index (χ4v) is 0.739. The fraction of sp³-hybridized carbons (Fsp3) is 0.125. The van der Waals surface area contributed by atoms with Gasteiger partial charge in [-0.2, -0.15) is 0 Å². The van der Waals surface area contributed by atoms with Gasteiger partial charge in [0, 0.05) is 5.56 Å². The first-order valence-electron chi connectivity index (χ1n) is 3.75. The number of carbonyl (C=O) groups excluding carboxylic acids is 1. The second kappa shape index (κ2) is 5.76. The van der Waals surface area contributed by atoms with Gasteiger partial charge in [-0.15, -0.1) is 10.2 Å². The average molecular weight is 236 g/mol. The molecular formula is C8H10ClNO5. The van der Waals surface area contributed by atoms with Crippen molar-refractivity contribution in [2.45, 2.75) is 6.92 Å². The van der Waals surface area contributed by atoms with E-state index in [9.17, 15) is 4.79 Å². The number of quaternary nitrogens is 1. The van der Waals surface area contributed by atoms with Gasteiger partial charge >= 0.3 is 0 Å². The SMILES string of the molecule is CC(=O)c1ccc([NH3+])cc1.[O-][Cl+3]([O-])([O-])[O-]. The van der Waals surface area contributed by atoms with Crippen LogP contribution in [0.25, 0.3) is 0 Å². The first kappa shape index (κ1) is 14.0. The molecule has 1 rings (SSSR count). The molecular weight excluding hydrogens is 226 g/mol. The number of rotatable bonds is 1. The van der Waals surface area contributed by atoms with Crippen molar-refractivity contribution in [3.8, 4) is 0 Å². The van der Waals surface area contributed by atoms with Gasteiger partial charge in [0.25, 0.3) is 0 Å². The van der Waals surface area contributed by atoms with Crippen molar-refractivity contribution >= 4 is 11.5 Å². The van der Waals surface area contributed by atoms with Crippen LogP contribution >= 0.6 is 0 Å². The molecule has 0 heterocycles. The third-order valence-electron chi connectivity index (χ3n) is 1.36. The summed E-state index contributed by atoms with van der Waals surface area (Å²) in [5.74, 6) is 0.0972. The van der Waals surface area contributed by atoms with Crippen LogP contribution in [0.15, 0.2) is 24.3 Å². The zero-order chi connectivity index (χ0) is 12.1. The van der Waals surface area contributed by atoms with E-state index in [0.29, 0.717) is 0 Å². The van der Waals surface area contributed by atoms with Crippen molar-refractivity contribution in [1.82, 2.24) is 0 Å². The first-order valence-corrected chi connectivity index (χ1v) is 4.98. The Bertz CT molecular complexity index is 313. The molecule has 0 bridgehead atoms. The Hall–Kier alpha value is -1.02. The van der Waals surface area contributed by atoms with Crippen molar-refractivity contribution in [1.29, 1.82) is 0 Å². The van der Waals surface area contributed by atoms with E-state index in [1.54, 1.807) is 19.1 Å². The third kappa shape index (κ3) is 9.29. The van der Waals surface area contributed by atoms with E-state index < -0.39 is 10.2 Å². The molecule has 0 aliphatic carbocycles. The summed E-state index contributed by atoms with van der Waals surface area (Å²) >= 11 is 0. The van der Waals surface area contributed by atoms with Crippen LogP contribution in [0.3, 0.4) is 0 Å². The molecule has 0 aliphatic rings. The molecule has 15 heavy (non-hydrogen) atoms. The summed E-state index contributed by atoms with van der Waals surface area (Å²) in [6.07, 6.45) is 0. The van der Waals surface area contributed by atoms with Crippen LogP contribution in [0, 0.1) is 10.2 Å². The van der Waals surface area contributed by atoms with Gasteiger partial charge in [0.15, 0.2) is 5.78 Å². The summed E-state index contributed by atoms with van der Waals surface area (Å²) in [4.78, 5) is 10.7. The van der Waals surface area contributed by atoms with Crippen LogP contribution < -0.4 is 24.4 Å². The third-order valence-corrected chi connectivity index (χ3v) is 1.36. The molecule has 0 spiro atoms. The standard InChI is InChI=1S/C8H9NO.ClHO4/c1-6(10)7-2-4-8(9)5-3-7;2-1(3,4)5/h2-5H,9H2,1H3;(H,2,3,4,5). The molecule has 0 amide bonds. The van der Waals surface area contributed by atoms with Crippen molar-refractivity contribution in [2.75, 3.05) is 0 Å². The lowest BCUT2D eigenvalue weighted by Gasteiger charge is -2.17. The van der Waals surface area contributed by atoms with Crippen molar-refractivity contribution in [2.24, 2.45) is 0 Å². The Morgan fingerprint density at radius 3 is 1.73 bits per heavy atom. The fourth-order valence-electron chi connectivity index (χ4n) is 0.739. The predicted octanol–water partition coefficient (Wildman–Crippen LogP) is -3.99. The molecule has 0 unspecified atom stereocenters. The van der Waals surface area contributed by atoms with Crippen LogP contribution in [-0.2, 0) is 0 Å². The van der Waals surface area contributed by atoms with Crippen LogP contribution in [0.5, 0.6) is 0 Å². The van der Waals surface area contributed by atoms with Gasteiger partial charge in [-0.25, -0.2) is 18.6 Å². The predicted molar refractivity (Wildman–Crippen MR) is 39.0 cm³/mol. The molecule has 84 valence electrons. The van der Waals surface area contributed by atoms with Crippen LogP contribution in [0.1, 0.15) is 17.3 Å². The monoisotopic (exact) mass is 235 g/mol. The maximum absolute atomic E-state index is 10.7. The molecule has 0 aliphatic heterocycles. The summed E-state index contributed by atoms with van der Waals surface area (Å²) in [7, 11) is -4.94. The Balaban J connectivity index is 0.000000336. The molecule has 7 heteroatoms. The number of Topliss-reactive ketones (excluding diaryl/α,β-unsaturated/α-hetero) is 1. The lowest BCUT2D eigenvalue weighted by atomic mass is 10.1. The number of hydrogen-bond acceptors (Lipinski definition) is 5. The van der Waals surface area contributed by atoms with Crippen molar-refractivity contribution in [3.63, 3.8) is 0 Å². The Morgan fingerprint density at radius 1 is 1.13 bits per heavy atom. The van der Waals surface area contributed by atoms with E-state index in [4.69, 9.17) is 18.6 Å². The molecule has 3 N–H and O–H groups in total. The molecule has 1 aromatic rings. The van der Waals surface area contributed by atoms with Crippen LogP contribution in [0.2, 0.25) is 0 Å². The number of benzene rings is 1. The van der Waals surface area contributed by atoms with E-state index in [1.165, 1.54) is 0 Å². The highest BCUT2D eigenvalue weighted by Crippen LogP contribution is 2.03. The minimum atomic E-state index is -4.94. The van der Waals surface area contributed by atoms with Crippen molar-refractivity contribution in [3.05, 3.63) is 29.8 Å².